The van der Waals surface area contributed by atoms with E-state index in [2.05, 4.69) is 5.32 Å². The SMILES string of the molecule is CCN(C1CC2CCC(C1)N2)S(=O)(=O)c1ccc(C)s1. The molecular formula is C14H22N2O2S2. The first-order valence-corrected chi connectivity index (χ1v) is 9.60. The van der Waals surface area contributed by atoms with Crippen LogP contribution in [-0.4, -0.2) is 37.4 Å². The molecule has 2 saturated heterocycles. The van der Waals surface area contributed by atoms with Gasteiger partial charge >= 0.3 is 0 Å². The zero-order valence-electron chi connectivity index (χ0n) is 12.0. The van der Waals surface area contributed by atoms with E-state index in [1.54, 1.807) is 10.4 Å². The Morgan fingerprint density at radius 3 is 2.45 bits per heavy atom. The standard InChI is InChI=1S/C14H22N2O2S2/c1-3-16(13-8-11-5-6-12(9-13)15-11)20(17,18)14-7-4-10(2)19-14/h4,7,11-13,15H,3,5-6,8-9H2,1-2H3. The van der Waals surface area contributed by atoms with Crippen molar-refractivity contribution in [2.45, 2.75) is 61.9 Å². The molecule has 0 radical (unpaired) electrons. The van der Waals surface area contributed by atoms with Crippen molar-refractivity contribution in [3.8, 4) is 0 Å². The van der Waals surface area contributed by atoms with Crippen molar-refractivity contribution in [1.29, 1.82) is 0 Å². The average molecular weight is 314 g/mol. The maximum atomic E-state index is 12.8. The molecule has 2 aliphatic heterocycles. The van der Waals surface area contributed by atoms with Gasteiger partial charge in [-0.25, -0.2) is 8.42 Å². The summed E-state index contributed by atoms with van der Waals surface area (Å²) in [6.07, 6.45) is 4.29. The molecule has 0 saturated carbocycles. The van der Waals surface area contributed by atoms with Crippen LogP contribution in [0.5, 0.6) is 0 Å². The molecule has 1 N–H and O–H groups in total. The van der Waals surface area contributed by atoms with Crippen molar-refractivity contribution in [2.75, 3.05) is 6.54 Å². The zero-order chi connectivity index (χ0) is 14.3. The van der Waals surface area contributed by atoms with E-state index in [-0.39, 0.29) is 6.04 Å². The largest absolute Gasteiger partial charge is 0.311 e. The van der Waals surface area contributed by atoms with Gasteiger partial charge in [0.25, 0.3) is 10.0 Å². The van der Waals surface area contributed by atoms with Gasteiger partial charge in [0, 0.05) is 29.5 Å². The van der Waals surface area contributed by atoms with Gasteiger partial charge in [-0.3, -0.25) is 0 Å². The van der Waals surface area contributed by atoms with E-state index in [4.69, 9.17) is 0 Å². The molecule has 2 fully saturated rings. The second kappa shape index (κ2) is 5.40. The van der Waals surface area contributed by atoms with Gasteiger partial charge in [0.05, 0.1) is 0 Å². The molecule has 0 aliphatic carbocycles. The second-order valence-corrected chi connectivity index (χ2v) is 9.24. The molecule has 3 rings (SSSR count). The van der Waals surface area contributed by atoms with E-state index in [1.165, 1.54) is 24.2 Å². The minimum atomic E-state index is -3.32. The third-order valence-corrected chi connectivity index (χ3v) is 7.94. The average Bonchev–Trinajstić information content (AvgIpc) is 2.97. The number of hydrogen-bond acceptors (Lipinski definition) is 4. The lowest BCUT2D eigenvalue weighted by molar-refractivity contribution is 0.232. The number of nitrogens with one attached hydrogen (secondary N) is 1. The van der Waals surface area contributed by atoms with E-state index in [1.807, 2.05) is 19.9 Å². The van der Waals surface area contributed by atoms with Crippen LogP contribution in [-0.2, 0) is 10.0 Å². The van der Waals surface area contributed by atoms with Gasteiger partial charge in [-0.05, 0) is 44.7 Å². The van der Waals surface area contributed by atoms with Gasteiger partial charge < -0.3 is 5.32 Å². The number of piperidine rings is 1. The van der Waals surface area contributed by atoms with E-state index < -0.39 is 10.0 Å². The van der Waals surface area contributed by atoms with Crippen molar-refractivity contribution in [3.05, 3.63) is 17.0 Å². The number of nitrogens with zero attached hydrogens (tertiary/aromatic N) is 1. The molecule has 0 aromatic carbocycles. The fourth-order valence-electron chi connectivity index (χ4n) is 3.55. The molecule has 1 aromatic heterocycles. The normalized spacial score (nSPS) is 30.1. The first-order valence-electron chi connectivity index (χ1n) is 7.35. The van der Waals surface area contributed by atoms with Crippen LogP contribution in [0.25, 0.3) is 0 Å². The number of sulfonamides is 1. The van der Waals surface area contributed by atoms with Gasteiger partial charge in [-0.15, -0.1) is 11.3 Å². The zero-order valence-corrected chi connectivity index (χ0v) is 13.6. The first kappa shape index (κ1) is 14.5. The van der Waals surface area contributed by atoms with E-state index in [9.17, 15) is 8.42 Å². The van der Waals surface area contributed by atoms with Crippen LogP contribution in [0.3, 0.4) is 0 Å². The summed E-state index contributed by atoms with van der Waals surface area (Å²) in [6.45, 7) is 4.45. The molecule has 1 aromatic rings. The quantitative estimate of drug-likeness (QED) is 0.928. The fourth-order valence-corrected chi connectivity index (χ4v) is 6.62. The number of thiophene rings is 1. The number of aryl methyl sites for hydroxylation is 1. The van der Waals surface area contributed by atoms with Crippen LogP contribution in [0.2, 0.25) is 0 Å². The Morgan fingerprint density at radius 2 is 1.95 bits per heavy atom. The van der Waals surface area contributed by atoms with Crippen LogP contribution < -0.4 is 5.32 Å². The number of fused-ring (bicyclic) bond motifs is 2. The third-order valence-electron chi connectivity index (χ3n) is 4.45. The van der Waals surface area contributed by atoms with E-state index in [0.29, 0.717) is 22.8 Å². The van der Waals surface area contributed by atoms with Gasteiger partial charge in [0.2, 0.25) is 0 Å². The second-order valence-electron chi connectivity index (χ2n) is 5.84. The lowest BCUT2D eigenvalue weighted by Crippen LogP contribution is -2.49. The monoisotopic (exact) mass is 314 g/mol. The van der Waals surface area contributed by atoms with Gasteiger partial charge in [0.1, 0.15) is 4.21 Å². The summed E-state index contributed by atoms with van der Waals surface area (Å²) in [5, 5.41) is 3.58. The minimum Gasteiger partial charge on any atom is -0.311 e. The summed E-state index contributed by atoms with van der Waals surface area (Å²) < 4.78 is 27.9. The van der Waals surface area contributed by atoms with Crippen LogP contribution in [0.4, 0.5) is 0 Å². The van der Waals surface area contributed by atoms with Gasteiger partial charge in [-0.1, -0.05) is 6.92 Å². The van der Waals surface area contributed by atoms with Crippen molar-refractivity contribution in [3.63, 3.8) is 0 Å². The first-order chi connectivity index (χ1) is 9.50. The Kier molecular flexibility index (Phi) is 3.92. The summed E-state index contributed by atoms with van der Waals surface area (Å²) >= 11 is 1.37. The Hall–Kier alpha value is -0.430. The smallest absolute Gasteiger partial charge is 0.252 e. The minimum absolute atomic E-state index is 0.158. The molecule has 6 heteroatoms. The molecule has 0 amide bonds. The lowest BCUT2D eigenvalue weighted by Gasteiger charge is -2.36. The van der Waals surface area contributed by atoms with Crippen LogP contribution in [0.1, 0.15) is 37.5 Å². The van der Waals surface area contributed by atoms with E-state index >= 15 is 0 Å². The van der Waals surface area contributed by atoms with Crippen molar-refractivity contribution in [1.82, 2.24) is 9.62 Å². The van der Waals surface area contributed by atoms with Crippen molar-refractivity contribution >= 4 is 21.4 Å². The highest BCUT2D eigenvalue weighted by atomic mass is 32.2. The molecular weight excluding hydrogens is 292 g/mol. The highest BCUT2D eigenvalue weighted by molar-refractivity contribution is 7.91. The molecule has 112 valence electrons. The maximum absolute atomic E-state index is 12.8. The maximum Gasteiger partial charge on any atom is 0.252 e. The molecule has 3 heterocycles. The van der Waals surface area contributed by atoms with Crippen molar-refractivity contribution < 1.29 is 8.42 Å². The Morgan fingerprint density at radius 1 is 1.30 bits per heavy atom. The Labute approximate surface area is 125 Å². The van der Waals surface area contributed by atoms with Crippen LogP contribution >= 0.6 is 11.3 Å². The summed E-state index contributed by atoms with van der Waals surface area (Å²) in [5.74, 6) is 0. The van der Waals surface area contributed by atoms with E-state index in [0.717, 1.165) is 17.7 Å². The molecule has 2 unspecified atom stereocenters. The third kappa shape index (κ3) is 2.54. The van der Waals surface area contributed by atoms with Gasteiger partial charge in [-0.2, -0.15) is 4.31 Å². The van der Waals surface area contributed by atoms with Crippen molar-refractivity contribution in [2.24, 2.45) is 0 Å². The predicted molar refractivity (Wildman–Crippen MR) is 81.6 cm³/mol. The molecule has 2 atom stereocenters. The molecule has 2 bridgehead atoms. The summed E-state index contributed by atoms with van der Waals surface area (Å²) in [5.41, 5.74) is 0. The lowest BCUT2D eigenvalue weighted by atomic mass is 10.00. The fraction of sp³-hybridized carbons (Fsp3) is 0.714. The summed E-state index contributed by atoms with van der Waals surface area (Å²) in [4.78, 5) is 1.05. The number of hydrogen-bond donors (Lipinski definition) is 1. The summed E-state index contributed by atoms with van der Waals surface area (Å²) in [6, 6.07) is 4.80. The predicted octanol–water partition coefficient (Wildman–Crippen LogP) is 2.35. The topological polar surface area (TPSA) is 49.4 Å². The molecule has 0 spiro atoms. The highest BCUT2D eigenvalue weighted by Gasteiger charge is 2.40. The Bertz CT molecular complexity index is 570. The molecule has 2 aliphatic rings. The Balaban J connectivity index is 1.86. The summed E-state index contributed by atoms with van der Waals surface area (Å²) in [7, 11) is -3.32. The van der Waals surface area contributed by atoms with Gasteiger partial charge in [0.15, 0.2) is 0 Å². The molecule has 4 nitrogen and oxygen atoms in total. The van der Waals surface area contributed by atoms with Crippen LogP contribution in [0.15, 0.2) is 16.3 Å². The molecule has 20 heavy (non-hydrogen) atoms. The van der Waals surface area contributed by atoms with Crippen LogP contribution in [0, 0.1) is 6.92 Å². The number of rotatable bonds is 4. The highest BCUT2D eigenvalue weighted by Crippen LogP contribution is 2.33.